The van der Waals surface area contributed by atoms with Gasteiger partial charge in [-0.2, -0.15) is 0 Å². The van der Waals surface area contributed by atoms with Crippen molar-refractivity contribution in [3.05, 3.63) is 75.6 Å². The number of fused-ring (bicyclic) bond motifs is 1. The first-order chi connectivity index (χ1) is 24.6. The fourth-order valence-electron chi connectivity index (χ4n) is 5.08. The number of aliphatic hydroxyl groups excluding tert-OH is 1. The zero-order valence-electron chi connectivity index (χ0n) is 33.6. The minimum Gasteiger partial charge on any atom is -0.444 e. The van der Waals surface area contributed by atoms with E-state index in [1.807, 2.05) is 26.8 Å². The van der Waals surface area contributed by atoms with Crippen molar-refractivity contribution < 1.29 is 33.6 Å². The highest BCUT2D eigenvalue weighted by atomic mass is 16.7. The summed E-state index contributed by atoms with van der Waals surface area (Å²) >= 11 is 0. The second-order valence-electron chi connectivity index (χ2n) is 14.8. The minimum absolute atomic E-state index is 0.200. The van der Waals surface area contributed by atoms with E-state index in [0.29, 0.717) is 25.0 Å². The summed E-state index contributed by atoms with van der Waals surface area (Å²) in [5.74, 6) is 0.200. The zero-order chi connectivity index (χ0) is 39.2. The third kappa shape index (κ3) is 19.6. The van der Waals surface area contributed by atoms with Crippen molar-refractivity contribution in [3.63, 3.8) is 0 Å². The number of rotatable bonds is 16. The van der Waals surface area contributed by atoms with E-state index in [-0.39, 0.29) is 17.4 Å². The van der Waals surface area contributed by atoms with Gasteiger partial charge in [-0.05, 0) is 110 Å². The molecule has 0 saturated carbocycles. The van der Waals surface area contributed by atoms with Crippen LogP contribution in [-0.4, -0.2) is 71.9 Å². The number of hydrogen-bond acceptors (Lipinski definition) is 8. The van der Waals surface area contributed by atoms with Crippen LogP contribution in [0.25, 0.3) is 10.9 Å². The Morgan fingerprint density at radius 2 is 1.33 bits per heavy atom. The SMILES string of the molecule is CCC.CO.Cc1ccc(CCCCOCCCCCCN(CCc2ccc(OC(=O)OC(C)(C)C)c3[nH]c(=O)ccc23)C(=O)OC(C)(C)C)cc1. The molecule has 52 heavy (non-hydrogen) atoms. The lowest BCUT2D eigenvalue weighted by Crippen LogP contribution is -2.38. The number of carbonyl (C=O) groups is 2. The first-order valence-electron chi connectivity index (χ1n) is 18.7. The molecule has 0 radical (unpaired) electrons. The average molecular weight is 727 g/mol. The maximum absolute atomic E-state index is 13.1. The number of nitrogens with zero attached hydrogens (tertiary/aromatic N) is 1. The predicted molar refractivity (Wildman–Crippen MR) is 210 cm³/mol. The van der Waals surface area contributed by atoms with Crippen LogP contribution in [0.15, 0.2) is 53.3 Å². The number of aromatic nitrogens is 1. The Kier molecular flexibility index (Phi) is 21.6. The molecule has 0 aliphatic heterocycles. The maximum atomic E-state index is 13.1. The molecule has 0 spiro atoms. The molecule has 0 aliphatic carbocycles. The van der Waals surface area contributed by atoms with Crippen molar-refractivity contribution >= 4 is 23.2 Å². The molecular formula is C42H66N2O8. The van der Waals surface area contributed by atoms with Crippen LogP contribution in [0.2, 0.25) is 0 Å². The number of H-pyrrole nitrogens is 1. The second kappa shape index (κ2) is 24.4. The van der Waals surface area contributed by atoms with Crippen LogP contribution in [0.3, 0.4) is 0 Å². The van der Waals surface area contributed by atoms with Gasteiger partial charge in [0.15, 0.2) is 5.75 Å². The van der Waals surface area contributed by atoms with Crippen molar-refractivity contribution in [1.29, 1.82) is 0 Å². The number of amides is 1. The van der Waals surface area contributed by atoms with Crippen LogP contribution in [0.4, 0.5) is 9.59 Å². The Bertz CT molecular complexity index is 1500. The van der Waals surface area contributed by atoms with Crippen LogP contribution in [0, 0.1) is 6.92 Å². The van der Waals surface area contributed by atoms with Gasteiger partial charge in [-0.25, -0.2) is 9.59 Å². The van der Waals surface area contributed by atoms with E-state index >= 15 is 0 Å². The van der Waals surface area contributed by atoms with Crippen molar-refractivity contribution in [1.82, 2.24) is 9.88 Å². The third-order valence-electron chi connectivity index (χ3n) is 7.42. The topological polar surface area (TPSA) is 127 Å². The summed E-state index contributed by atoms with van der Waals surface area (Å²) in [7, 11) is 1.00. The fourth-order valence-corrected chi connectivity index (χ4v) is 5.08. The number of benzene rings is 2. The molecule has 0 fully saturated rings. The first kappa shape index (κ1) is 46.1. The molecule has 10 heteroatoms. The van der Waals surface area contributed by atoms with Gasteiger partial charge in [0.25, 0.3) is 0 Å². The average Bonchev–Trinajstić information content (AvgIpc) is 3.06. The lowest BCUT2D eigenvalue weighted by molar-refractivity contribution is 0.0205. The van der Waals surface area contributed by atoms with Crippen molar-refractivity contribution in [2.45, 2.75) is 131 Å². The quantitative estimate of drug-likeness (QED) is 0.0849. The molecule has 0 unspecified atom stereocenters. The highest BCUT2D eigenvalue weighted by Crippen LogP contribution is 2.28. The van der Waals surface area contributed by atoms with Gasteiger partial charge < -0.3 is 33.9 Å². The van der Waals surface area contributed by atoms with Crippen molar-refractivity contribution in [3.8, 4) is 5.75 Å². The molecular weight excluding hydrogens is 660 g/mol. The van der Waals surface area contributed by atoms with Crippen LogP contribution in [0.1, 0.15) is 117 Å². The first-order valence-corrected chi connectivity index (χ1v) is 18.7. The zero-order valence-corrected chi connectivity index (χ0v) is 33.6. The van der Waals surface area contributed by atoms with Crippen LogP contribution in [-0.2, 0) is 27.1 Å². The van der Waals surface area contributed by atoms with Gasteiger partial charge in [0.05, 0.1) is 5.52 Å². The molecule has 0 aliphatic rings. The monoisotopic (exact) mass is 726 g/mol. The Balaban J connectivity index is 0.00000256. The number of unbranched alkanes of at least 4 members (excludes halogenated alkanes) is 4. The summed E-state index contributed by atoms with van der Waals surface area (Å²) in [6.45, 7) is 19.7. The summed E-state index contributed by atoms with van der Waals surface area (Å²) in [6, 6.07) is 15.4. The Morgan fingerprint density at radius 1 is 0.731 bits per heavy atom. The Labute approximate surface area is 312 Å². The molecule has 2 N–H and O–H groups in total. The number of hydrogen-bond donors (Lipinski definition) is 2. The normalized spacial score (nSPS) is 11.1. The van der Waals surface area contributed by atoms with Gasteiger partial charge in [-0.3, -0.25) is 4.79 Å². The molecule has 10 nitrogen and oxygen atoms in total. The van der Waals surface area contributed by atoms with E-state index in [2.05, 4.69) is 50.0 Å². The van der Waals surface area contributed by atoms with Gasteiger partial charge in [-0.15, -0.1) is 0 Å². The molecule has 1 amide bonds. The number of aryl methyl sites for hydroxylation is 2. The number of carbonyl (C=O) groups excluding carboxylic acids is 2. The Morgan fingerprint density at radius 3 is 1.94 bits per heavy atom. The van der Waals surface area contributed by atoms with E-state index < -0.39 is 17.4 Å². The molecule has 1 aromatic heterocycles. The van der Waals surface area contributed by atoms with Crippen LogP contribution < -0.4 is 10.3 Å². The molecule has 0 atom stereocenters. The van der Waals surface area contributed by atoms with E-state index in [1.54, 1.807) is 37.8 Å². The standard InChI is InChI=1S/C38H54N2O7.C3H8.CH4O/c1-28-15-17-29(18-16-28)14-10-13-27-44-26-12-9-8-11-24-40(35(42)46-37(2,3)4)25-23-30-19-21-32(45-36(43)47-38(5,6)7)34-31(30)20-22-33(41)39-34;1-3-2;1-2/h15-22H,8-14,23-27H2,1-7H3,(H,39,41);3H2,1-2H3;2H,1H3. The number of nitrogens with one attached hydrogen (secondary N) is 1. The van der Waals surface area contributed by atoms with Crippen LogP contribution in [0.5, 0.6) is 5.75 Å². The predicted octanol–water partition coefficient (Wildman–Crippen LogP) is 9.55. The number of aliphatic hydroxyl groups is 1. The number of pyridine rings is 1. The van der Waals surface area contributed by atoms with Crippen molar-refractivity contribution in [2.24, 2.45) is 0 Å². The lowest BCUT2D eigenvalue weighted by Gasteiger charge is -2.27. The molecule has 0 saturated heterocycles. The van der Waals surface area contributed by atoms with Gasteiger partial charge >= 0.3 is 12.2 Å². The summed E-state index contributed by atoms with van der Waals surface area (Å²) in [5, 5.41) is 7.73. The molecule has 292 valence electrons. The summed E-state index contributed by atoms with van der Waals surface area (Å²) in [4.78, 5) is 42.2. The van der Waals surface area contributed by atoms with Gasteiger partial charge in [0.1, 0.15) is 11.2 Å². The largest absolute Gasteiger partial charge is 0.514 e. The minimum atomic E-state index is -0.854. The van der Waals surface area contributed by atoms with Gasteiger partial charge in [0.2, 0.25) is 5.56 Å². The molecule has 1 heterocycles. The molecule has 3 rings (SSSR count). The highest BCUT2D eigenvalue weighted by molar-refractivity contribution is 5.89. The van der Waals surface area contributed by atoms with Crippen LogP contribution >= 0.6 is 0 Å². The van der Waals surface area contributed by atoms with E-state index in [1.165, 1.54) is 23.6 Å². The molecule has 3 aromatic rings. The second-order valence-corrected chi connectivity index (χ2v) is 14.8. The van der Waals surface area contributed by atoms with Gasteiger partial charge in [-0.1, -0.05) is 69.0 Å². The van der Waals surface area contributed by atoms with Gasteiger partial charge in [0, 0.05) is 44.9 Å². The van der Waals surface area contributed by atoms with E-state index in [0.717, 1.165) is 76.2 Å². The van der Waals surface area contributed by atoms with Crippen molar-refractivity contribution in [2.75, 3.05) is 33.4 Å². The summed E-state index contributed by atoms with van der Waals surface area (Å²) in [5.41, 5.74) is 2.32. The summed E-state index contributed by atoms with van der Waals surface area (Å²) < 4.78 is 22.3. The number of ether oxygens (including phenoxy) is 4. The fraction of sp³-hybridized carbons (Fsp3) is 0.595. The smallest absolute Gasteiger partial charge is 0.444 e. The maximum Gasteiger partial charge on any atom is 0.514 e. The Hall–Kier alpha value is -3.89. The highest BCUT2D eigenvalue weighted by Gasteiger charge is 2.23. The third-order valence-corrected chi connectivity index (χ3v) is 7.42. The number of aromatic amines is 1. The van der Waals surface area contributed by atoms with E-state index in [9.17, 15) is 14.4 Å². The molecule has 0 bridgehead atoms. The molecule has 2 aromatic carbocycles. The summed E-state index contributed by atoms with van der Waals surface area (Å²) in [6.07, 6.45) is 7.69. The van der Waals surface area contributed by atoms with E-state index in [4.69, 9.17) is 24.1 Å². The lowest BCUT2D eigenvalue weighted by atomic mass is 10.0.